The average molecular weight is 447 g/mol. The van der Waals surface area contributed by atoms with Crippen LogP contribution in [0.5, 0.6) is 5.75 Å². The van der Waals surface area contributed by atoms with E-state index in [1.807, 2.05) is 32.0 Å². The first-order valence-electron chi connectivity index (χ1n) is 10.2. The number of benzene rings is 3. The van der Waals surface area contributed by atoms with Gasteiger partial charge in [0.1, 0.15) is 11.4 Å². The summed E-state index contributed by atoms with van der Waals surface area (Å²) in [4.78, 5) is 28.4. The highest BCUT2D eigenvalue weighted by atomic mass is 35.5. The van der Waals surface area contributed by atoms with Crippen molar-refractivity contribution in [3.05, 3.63) is 93.6 Å². The average Bonchev–Trinajstić information content (AvgIpc) is 3.03. The summed E-state index contributed by atoms with van der Waals surface area (Å²) in [7, 11) is 1.58. The number of carbonyl (C=O) groups excluding carboxylic acids is 2. The number of methoxy groups -OCH3 is 1. The number of carbonyl (C=O) groups is 2. The van der Waals surface area contributed by atoms with Gasteiger partial charge >= 0.3 is 0 Å². The molecule has 1 heterocycles. The number of nitrogens with zero attached hydrogens (tertiary/aromatic N) is 1. The van der Waals surface area contributed by atoms with Gasteiger partial charge in [-0.2, -0.15) is 0 Å². The number of halogens is 1. The molecule has 0 spiro atoms. The van der Waals surface area contributed by atoms with E-state index in [0.29, 0.717) is 33.2 Å². The highest BCUT2D eigenvalue weighted by Gasteiger charge is 2.41. The first-order valence-corrected chi connectivity index (χ1v) is 10.6. The zero-order valence-electron chi connectivity index (χ0n) is 18.3. The van der Waals surface area contributed by atoms with Crippen LogP contribution in [0.15, 0.2) is 66.4 Å². The molecule has 32 heavy (non-hydrogen) atoms. The number of rotatable bonds is 5. The molecule has 0 saturated heterocycles. The Morgan fingerprint density at radius 3 is 2.22 bits per heavy atom. The van der Waals surface area contributed by atoms with Crippen molar-refractivity contribution in [1.82, 2.24) is 0 Å². The van der Waals surface area contributed by atoms with Crippen molar-refractivity contribution >= 4 is 40.4 Å². The van der Waals surface area contributed by atoms with E-state index in [1.54, 1.807) is 56.5 Å². The molecule has 2 amide bonds. The maximum absolute atomic E-state index is 13.6. The fourth-order valence-electron chi connectivity index (χ4n) is 3.75. The van der Waals surface area contributed by atoms with Crippen molar-refractivity contribution < 1.29 is 14.3 Å². The number of anilines is 2. The highest BCUT2D eigenvalue weighted by Crippen LogP contribution is 2.37. The number of hydrogen-bond donors (Lipinski definition) is 1. The highest BCUT2D eigenvalue weighted by molar-refractivity contribution is 6.46. The van der Waals surface area contributed by atoms with Crippen LogP contribution in [0.3, 0.4) is 0 Å². The molecular formula is C26H23ClN2O3. The summed E-state index contributed by atoms with van der Waals surface area (Å²) in [5.74, 6) is -0.164. The second-order valence-corrected chi connectivity index (χ2v) is 8.09. The Morgan fingerprint density at radius 1 is 0.844 bits per heavy atom. The lowest BCUT2D eigenvalue weighted by atomic mass is 10.0. The largest absolute Gasteiger partial charge is 0.497 e. The maximum atomic E-state index is 13.6. The maximum Gasteiger partial charge on any atom is 0.282 e. The molecule has 0 saturated carbocycles. The van der Waals surface area contributed by atoms with Crippen LogP contribution in [0.4, 0.5) is 11.4 Å². The Hall–Kier alpha value is -3.57. The van der Waals surface area contributed by atoms with Gasteiger partial charge in [-0.25, -0.2) is 4.90 Å². The lowest BCUT2D eigenvalue weighted by Gasteiger charge is -2.18. The molecule has 0 bridgehead atoms. The smallest absolute Gasteiger partial charge is 0.282 e. The van der Waals surface area contributed by atoms with Crippen LogP contribution in [-0.2, 0) is 9.59 Å². The summed E-state index contributed by atoms with van der Waals surface area (Å²) < 4.78 is 5.24. The van der Waals surface area contributed by atoms with Crippen molar-refractivity contribution in [2.45, 2.75) is 20.8 Å². The van der Waals surface area contributed by atoms with Gasteiger partial charge in [0.2, 0.25) is 0 Å². The van der Waals surface area contributed by atoms with Crippen molar-refractivity contribution in [2.24, 2.45) is 0 Å². The molecule has 0 radical (unpaired) electrons. The van der Waals surface area contributed by atoms with E-state index in [1.165, 1.54) is 4.90 Å². The van der Waals surface area contributed by atoms with Gasteiger partial charge in [0, 0.05) is 10.7 Å². The van der Waals surface area contributed by atoms with Gasteiger partial charge in [-0.15, -0.1) is 0 Å². The van der Waals surface area contributed by atoms with Crippen molar-refractivity contribution in [1.29, 1.82) is 0 Å². The van der Waals surface area contributed by atoms with Crippen LogP contribution in [0, 0.1) is 20.8 Å². The van der Waals surface area contributed by atoms with Gasteiger partial charge in [0.05, 0.1) is 18.4 Å². The van der Waals surface area contributed by atoms with E-state index in [0.717, 1.165) is 16.8 Å². The summed E-state index contributed by atoms with van der Waals surface area (Å²) in [6.07, 6.45) is 0. The first kappa shape index (κ1) is 21.7. The van der Waals surface area contributed by atoms with Crippen molar-refractivity contribution in [3.63, 3.8) is 0 Å². The van der Waals surface area contributed by atoms with E-state index in [9.17, 15) is 9.59 Å². The monoisotopic (exact) mass is 446 g/mol. The predicted molar refractivity (Wildman–Crippen MR) is 128 cm³/mol. The fourth-order valence-corrected chi connectivity index (χ4v) is 3.92. The Bertz CT molecular complexity index is 1260. The zero-order valence-corrected chi connectivity index (χ0v) is 19.1. The second-order valence-electron chi connectivity index (χ2n) is 7.68. The molecule has 0 unspecified atom stereocenters. The summed E-state index contributed by atoms with van der Waals surface area (Å²) in [5, 5.41) is 3.74. The molecule has 3 aromatic carbocycles. The van der Waals surface area contributed by atoms with E-state index >= 15 is 0 Å². The normalized spacial score (nSPS) is 13.7. The van der Waals surface area contributed by atoms with Crippen LogP contribution < -0.4 is 15.0 Å². The van der Waals surface area contributed by atoms with Crippen molar-refractivity contribution in [2.75, 3.05) is 17.3 Å². The standard InChI is InChI=1S/C26H23ClN2O3/c1-15-7-5-9-21(16(15)2)28-24-23(18-11-13-19(32-4)14-12-18)25(30)29(26(24)31)22-10-6-8-20(27)17(22)3/h5-14,28H,1-4H3. The van der Waals surface area contributed by atoms with E-state index in [2.05, 4.69) is 5.32 Å². The van der Waals surface area contributed by atoms with Gasteiger partial charge in [-0.3, -0.25) is 9.59 Å². The molecule has 0 fully saturated rings. The van der Waals surface area contributed by atoms with Crippen LogP contribution in [-0.4, -0.2) is 18.9 Å². The van der Waals surface area contributed by atoms with Gasteiger partial charge in [-0.05, 0) is 73.4 Å². The Kier molecular flexibility index (Phi) is 5.76. The lowest BCUT2D eigenvalue weighted by molar-refractivity contribution is -0.120. The second kappa shape index (κ2) is 8.52. The summed E-state index contributed by atoms with van der Waals surface area (Å²) in [6.45, 7) is 5.77. The molecule has 0 aromatic heterocycles. The molecule has 1 aliphatic heterocycles. The van der Waals surface area contributed by atoms with Gasteiger partial charge in [-0.1, -0.05) is 41.9 Å². The molecule has 1 aliphatic rings. The third kappa shape index (κ3) is 3.65. The van der Waals surface area contributed by atoms with Crippen LogP contribution in [0.25, 0.3) is 5.57 Å². The van der Waals surface area contributed by atoms with Crippen molar-refractivity contribution in [3.8, 4) is 5.75 Å². The zero-order chi connectivity index (χ0) is 23.0. The number of hydrogen-bond acceptors (Lipinski definition) is 4. The third-order valence-electron chi connectivity index (χ3n) is 5.81. The molecule has 1 N–H and O–H groups in total. The Morgan fingerprint density at radius 2 is 1.53 bits per heavy atom. The van der Waals surface area contributed by atoms with Crippen LogP contribution in [0.1, 0.15) is 22.3 Å². The first-order chi connectivity index (χ1) is 15.3. The lowest BCUT2D eigenvalue weighted by Crippen LogP contribution is -2.33. The Labute approximate surface area is 192 Å². The molecule has 6 heteroatoms. The number of nitrogens with one attached hydrogen (secondary N) is 1. The number of amides is 2. The minimum atomic E-state index is -0.424. The quantitative estimate of drug-likeness (QED) is 0.513. The molecule has 3 aromatic rings. The predicted octanol–water partition coefficient (Wildman–Crippen LogP) is 5.67. The number of imide groups is 1. The van der Waals surface area contributed by atoms with E-state index in [4.69, 9.17) is 16.3 Å². The molecule has 5 nitrogen and oxygen atoms in total. The van der Waals surface area contributed by atoms with Crippen LogP contribution in [0.2, 0.25) is 5.02 Å². The summed E-state index contributed by atoms with van der Waals surface area (Å²) in [6, 6.07) is 18.1. The molecule has 0 atom stereocenters. The van der Waals surface area contributed by atoms with Gasteiger partial charge in [0.25, 0.3) is 11.8 Å². The molecule has 4 rings (SSSR count). The summed E-state index contributed by atoms with van der Waals surface area (Å²) in [5.41, 5.74) is 5.16. The fraction of sp³-hybridized carbons (Fsp3) is 0.154. The number of ether oxygens (including phenoxy) is 1. The van der Waals surface area contributed by atoms with Gasteiger partial charge < -0.3 is 10.1 Å². The SMILES string of the molecule is COc1ccc(C2=C(Nc3cccc(C)c3C)C(=O)N(c3cccc(Cl)c3C)C2=O)cc1. The van der Waals surface area contributed by atoms with Gasteiger partial charge in [0.15, 0.2) is 0 Å². The minimum absolute atomic E-state index is 0.230. The Balaban J connectivity index is 1.87. The third-order valence-corrected chi connectivity index (χ3v) is 6.22. The summed E-state index contributed by atoms with van der Waals surface area (Å²) >= 11 is 6.29. The molecular weight excluding hydrogens is 424 g/mol. The van der Waals surface area contributed by atoms with E-state index < -0.39 is 11.8 Å². The minimum Gasteiger partial charge on any atom is -0.497 e. The molecule has 0 aliphatic carbocycles. The number of aryl methyl sites for hydroxylation is 1. The molecule has 162 valence electrons. The topological polar surface area (TPSA) is 58.6 Å². The van der Waals surface area contributed by atoms with Crippen LogP contribution >= 0.6 is 11.6 Å². The van der Waals surface area contributed by atoms with E-state index in [-0.39, 0.29) is 5.70 Å².